The lowest BCUT2D eigenvalue weighted by molar-refractivity contribution is -0.133. The molecule has 0 saturated carbocycles. The average molecular weight is 359 g/mol. The van der Waals surface area contributed by atoms with E-state index in [0.717, 1.165) is 24.9 Å². The minimum absolute atomic E-state index is 0.188. The van der Waals surface area contributed by atoms with E-state index in [1.165, 1.54) is 0 Å². The third-order valence-electron chi connectivity index (χ3n) is 3.99. The Labute approximate surface area is 151 Å². The molecule has 2 aromatic rings. The SMILES string of the molecule is O=C(Nc1cccc(CN2CCCCC2=O)c1)Nc1cccnc1Cl. The van der Waals surface area contributed by atoms with E-state index in [1.807, 2.05) is 23.1 Å². The van der Waals surface area contributed by atoms with Crippen LogP contribution >= 0.6 is 11.6 Å². The molecule has 1 saturated heterocycles. The molecular weight excluding hydrogens is 340 g/mol. The molecule has 25 heavy (non-hydrogen) atoms. The Morgan fingerprint density at radius 2 is 2.08 bits per heavy atom. The minimum Gasteiger partial charge on any atom is -0.338 e. The number of anilines is 2. The van der Waals surface area contributed by atoms with Crippen molar-refractivity contribution < 1.29 is 9.59 Å². The number of piperidine rings is 1. The Hall–Kier alpha value is -2.60. The van der Waals surface area contributed by atoms with E-state index in [9.17, 15) is 9.59 Å². The molecule has 1 aromatic heterocycles. The van der Waals surface area contributed by atoms with Gasteiger partial charge in [0.1, 0.15) is 0 Å². The van der Waals surface area contributed by atoms with Gasteiger partial charge in [-0.05, 0) is 42.7 Å². The zero-order chi connectivity index (χ0) is 17.6. The van der Waals surface area contributed by atoms with Gasteiger partial charge in [-0.15, -0.1) is 0 Å². The molecule has 3 amide bonds. The molecule has 0 spiro atoms. The molecule has 6 nitrogen and oxygen atoms in total. The van der Waals surface area contributed by atoms with Crippen LogP contribution in [-0.2, 0) is 11.3 Å². The van der Waals surface area contributed by atoms with Crippen molar-refractivity contribution in [3.05, 3.63) is 53.3 Å². The van der Waals surface area contributed by atoms with Gasteiger partial charge in [0.15, 0.2) is 5.15 Å². The van der Waals surface area contributed by atoms with Gasteiger partial charge in [0.2, 0.25) is 5.91 Å². The number of halogens is 1. The van der Waals surface area contributed by atoms with Crippen molar-refractivity contribution in [1.29, 1.82) is 0 Å². The van der Waals surface area contributed by atoms with Gasteiger partial charge in [0.05, 0.1) is 5.69 Å². The van der Waals surface area contributed by atoms with Crippen LogP contribution in [0.15, 0.2) is 42.6 Å². The summed E-state index contributed by atoms with van der Waals surface area (Å²) in [7, 11) is 0. The molecule has 0 aliphatic carbocycles. The van der Waals surface area contributed by atoms with Crippen LogP contribution in [0.4, 0.5) is 16.2 Å². The Kier molecular flexibility index (Phi) is 5.50. The zero-order valence-electron chi connectivity index (χ0n) is 13.7. The monoisotopic (exact) mass is 358 g/mol. The lowest BCUT2D eigenvalue weighted by Crippen LogP contribution is -2.34. The second-order valence-corrected chi connectivity index (χ2v) is 6.25. The number of urea groups is 1. The summed E-state index contributed by atoms with van der Waals surface area (Å²) in [5.41, 5.74) is 2.07. The fourth-order valence-corrected chi connectivity index (χ4v) is 2.93. The number of hydrogen-bond acceptors (Lipinski definition) is 3. The summed E-state index contributed by atoms with van der Waals surface area (Å²) in [5.74, 6) is 0.188. The third-order valence-corrected chi connectivity index (χ3v) is 4.29. The second kappa shape index (κ2) is 7.98. The van der Waals surface area contributed by atoms with Crippen LogP contribution in [0.3, 0.4) is 0 Å². The molecule has 7 heteroatoms. The van der Waals surface area contributed by atoms with Gasteiger partial charge in [-0.25, -0.2) is 9.78 Å². The molecule has 1 fully saturated rings. The van der Waals surface area contributed by atoms with Crippen LogP contribution in [0, 0.1) is 0 Å². The summed E-state index contributed by atoms with van der Waals surface area (Å²) >= 11 is 5.93. The number of nitrogens with one attached hydrogen (secondary N) is 2. The first-order valence-electron chi connectivity index (χ1n) is 8.17. The summed E-state index contributed by atoms with van der Waals surface area (Å²) in [4.78, 5) is 29.8. The predicted molar refractivity (Wildman–Crippen MR) is 97.6 cm³/mol. The van der Waals surface area contributed by atoms with Gasteiger partial charge in [0.25, 0.3) is 0 Å². The van der Waals surface area contributed by atoms with Crippen molar-refractivity contribution in [2.75, 3.05) is 17.2 Å². The number of hydrogen-bond donors (Lipinski definition) is 2. The van der Waals surface area contributed by atoms with E-state index < -0.39 is 6.03 Å². The molecule has 3 rings (SSSR count). The number of rotatable bonds is 4. The molecule has 0 atom stereocenters. The summed E-state index contributed by atoms with van der Waals surface area (Å²) in [6.45, 7) is 1.35. The van der Waals surface area contributed by atoms with Gasteiger partial charge in [0, 0.05) is 31.4 Å². The lowest BCUT2D eigenvalue weighted by Gasteiger charge is -2.26. The molecular formula is C18H19ClN4O2. The van der Waals surface area contributed by atoms with Gasteiger partial charge in [-0.2, -0.15) is 0 Å². The smallest absolute Gasteiger partial charge is 0.323 e. The highest BCUT2D eigenvalue weighted by molar-refractivity contribution is 6.32. The van der Waals surface area contributed by atoms with Gasteiger partial charge in [-0.3, -0.25) is 4.79 Å². The standard InChI is InChI=1S/C18H19ClN4O2/c19-17-15(7-4-9-20-17)22-18(25)21-14-6-3-5-13(11-14)12-23-10-2-1-8-16(23)24/h3-7,9,11H,1-2,8,10,12H2,(H2,21,22,25). The molecule has 0 radical (unpaired) electrons. The molecule has 1 aliphatic heterocycles. The van der Waals surface area contributed by atoms with E-state index in [4.69, 9.17) is 11.6 Å². The Morgan fingerprint density at radius 1 is 1.20 bits per heavy atom. The van der Waals surface area contributed by atoms with Crippen molar-refractivity contribution in [2.45, 2.75) is 25.8 Å². The number of carbonyl (C=O) groups excluding carboxylic acids is 2. The maximum absolute atomic E-state index is 12.1. The minimum atomic E-state index is -0.402. The second-order valence-electron chi connectivity index (χ2n) is 5.89. The lowest BCUT2D eigenvalue weighted by atomic mass is 10.1. The van der Waals surface area contributed by atoms with Crippen LogP contribution in [0.5, 0.6) is 0 Å². The van der Waals surface area contributed by atoms with E-state index in [2.05, 4.69) is 15.6 Å². The highest BCUT2D eigenvalue weighted by atomic mass is 35.5. The number of likely N-dealkylation sites (tertiary alicyclic amines) is 1. The molecule has 1 aliphatic rings. The van der Waals surface area contributed by atoms with Crippen molar-refractivity contribution in [1.82, 2.24) is 9.88 Å². The van der Waals surface area contributed by atoms with Crippen molar-refractivity contribution in [3.63, 3.8) is 0 Å². The third kappa shape index (κ3) is 4.70. The predicted octanol–water partition coefficient (Wildman–Crippen LogP) is 3.89. The first-order valence-corrected chi connectivity index (χ1v) is 8.55. The van der Waals surface area contributed by atoms with Crippen LogP contribution < -0.4 is 10.6 Å². The average Bonchev–Trinajstić information content (AvgIpc) is 2.59. The quantitative estimate of drug-likeness (QED) is 0.814. The van der Waals surface area contributed by atoms with E-state index in [-0.39, 0.29) is 11.1 Å². The Bertz CT molecular complexity index is 781. The van der Waals surface area contributed by atoms with Gasteiger partial charge in [-0.1, -0.05) is 23.7 Å². The van der Waals surface area contributed by atoms with Crippen LogP contribution in [-0.4, -0.2) is 28.4 Å². The van der Waals surface area contributed by atoms with E-state index in [1.54, 1.807) is 24.4 Å². The number of aromatic nitrogens is 1. The number of amides is 3. The maximum Gasteiger partial charge on any atom is 0.323 e. The van der Waals surface area contributed by atoms with Crippen molar-refractivity contribution >= 4 is 34.9 Å². The van der Waals surface area contributed by atoms with Gasteiger partial charge >= 0.3 is 6.03 Å². The molecule has 1 aromatic carbocycles. The summed E-state index contributed by atoms with van der Waals surface area (Å²) in [5, 5.41) is 5.66. The molecule has 130 valence electrons. The molecule has 0 bridgehead atoms. The van der Waals surface area contributed by atoms with Crippen LogP contribution in [0.2, 0.25) is 5.15 Å². The number of benzene rings is 1. The summed E-state index contributed by atoms with van der Waals surface area (Å²) in [6.07, 6.45) is 4.18. The first kappa shape index (κ1) is 17.2. The van der Waals surface area contributed by atoms with E-state index >= 15 is 0 Å². The topological polar surface area (TPSA) is 74.3 Å². The maximum atomic E-state index is 12.1. The van der Waals surface area contributed by atoms with Crippen molar-refractivity contribution in [2.24, 2.45) is 0 Å². The summed E-state index contributed by atoms with van der Waals surface area (Å²) < 4.78 is 0. The van der Waals surface area contributed by atoms with Crippen molar-refractivity contribution in [3.8, 4) is 0 Å². The Morgan fingerprint density at radius 3 is 2.88 bits per heavy atom. The van der Waals surface area contributed by atoms with Gasteiger partial charge < -0.3 is 15.5 Å². The van der Waals surface area contributed by atoms with Crippen LogP contribution in [0.1, 0.15) is 24.8 Å². The number of carbonyl (C=O) groups is 2. The highest BCUT2D eigenvalue weighted by Gasteiger charge is 2.18. The molecule has 2 heterocycles. The fourth-order valence-electron chi connectivity index (χ4n) is 2.76. The highest BCUT2D eigenvalue weighted by Crippen LogP contribution is 2.19. The molecule has 2 N–H and O–H groups in total. The number of pyridine rings is 1. The Balaban J connectivity index is 1.62. The summed E-state index contributed by atoms with van der Waals surface area (Å²) in [6, 6.07) is 10.4. The number of nitrogens with zero attached hydrogens (tertiary/aromatic N) is 2. The normalized spacial score (nSPS) is 14.3. The molecule has 0 unspecified atom stereocenters. The van der Waals surface area contributed by atoms with Crippen LogP contribution in [0.25, 0.3) is 0 Å². The zero-order valence-corrected chi connectivity index (χ0v) is 14.4. The van der Waals surface area contributed by atoms with E-state index in [0.29, 0.717) is 24.3 Å². The fraction of sp³-hybridized carbons (Fsp3) is 0.278. The largest absolute Gasteiger partial charge is 0.338 e. The first-order chi connectivity index (χ1) is 12.1.